The molecule has 1 aliphatic carbocycles. The molecule has 4 heteroatoms. The molecule has 2 bridgehead atoms. The van der Waals surface area contributed by atoms with E-state index in [4.69, 9.17) is 9.47 Å². The molecule has 2 atom stereocenters. The first-order chi connectivity index (χ1) is 20.3. The molecule has 2 aromatic carbocycles. The van der Waals surface area contributed by atoms with Gasteiger partial charge in [0.2, 0.25) is 0 Å². The van der Waals surface area contributed by atoms with Crippen LogP contribution >= 0.6 is 0 Å². The number of benzene rings is 2. The predicted octanol–water partition coefficient (Wildman–Crippen LogP) is 9.82. The predicted molar refractivity (Wildman–Crippen MR) is 168 cm³/mol. The molecule has 222 valence electrons. The Balaban J connectivity index is 1.02. The van der Waals surface area contributed by atoms with Crippen molar-refractivity contribution in [2.75, 3.05) is 19.8 Å². The van der Waals surface area contributed by atoms with E-state index in [9.17, 15) is 4.79 Å². The van der Waals surface area contributed by atoms with Gasteiger partial charge in [-0.1, -0.05) is 144 Å². The zero-order valence-electron chi connectivity index (χ0n) is 25.3. The van der Waals surface area contributed by atoms with Crippen molar-refractivity contribution in [3.05, 3.63) is 71.3 Å². The molecule has 0 radical (unpaired) electrons. The Bertz CT molecular complexity index is 1100. The molecular formula is C37H51NO3. The fourth-order valence-electron chi connectivity index (χ4n) is 7.19. The van der Waals surface area contributed by atoms with Gasteiger partial charge in [0.05, 0.1) is 25.3 Å². The van der Waals surface area contributed by atoms with E-state index in [-0.39, 0.29) is 24.1 Å². The topological polar surface area (TPSA) is 38.8 Å². The van der Waals surface area contributed by atoms with E-state index in [0.29, 0.717) is 19.8 Å². The molecule has 1 amide bonds. The van der Waals surface area contributed by atoms with Gasteiger partial charge in [0.15, 0.2) is 0 Å². The summed E-state index contributed by atoms with van der Waals surface area (Å²) in [5.41, 5.74) is 6.53. The van der Waals surface area contributed by atoms with Crippen LogP contribution < -0.4 is 0 Å². The van der Waals surface area contributed by atoms with Gasteiger partial charge in [0, 0.05) is 5.92 Å². The minimum Gasteiger partial charge on any atom is -0.448 e. The Kier molecular flexibility index (Phi) is 11.4. The number of carbonyl (C=O) groups is 1. The van der Waals surface area contributed by atoms with Gasteiger partial charge in [-0.3, -0.25) is 4.90 Å². The number of hydrogen-bond donors (Lipinski definition) is 0. The highest BCUT2D eigenvalue weighted by molar-refractivity contribution is 5.79. The van der Waals surface area contributed by atoms with Crippen LogP contribution in [0.5, 0.6) is 0 Å². The summed E-state index contributed by atoms with van der Waals surface area (Å²) in [7, 11) is 0. The largest absolute Gasteiger partial charge is 0.448 e. The first-order valence-corrected chi connectivity index (χ1v) is 16.7. The van der Waals surface area contributed by atoms with E-state index < -0.39 is 0 Å². The monoisotopic (exact) mass is 557 g/mol. The van der Waals surface area contributed by atoms with Crippen LogP contribution in [0.25, 0.3) is 11.1 Å². The maximum Gasteiger partial charge on any atom is 0.410 e. The molecule has 0 spiro atoms. The smallest absolute Gasteiger partial charge is 0.410 e. The lowest BCUT2D eigenvalue weighted by Gasteiger charge is -2.44. The van der Waals surface area contributed by atoms with E-state index in [2.05, 4.69) is 61.5 Å². The third-order valence-corrected chi connectivity index (χ3v) is 9.42. The molecule has 3 aliphatic rings. The van der Waals surface area contributed by atoms with Crippen molar-refractivity contribution < 1.29 is 14.3 Å². The Morgan fingerprint density at radius 2 is 1.34 bits per heavy atom. The van der Waals surface area contributed by atoms with Crippen LogP contribution in [0.2, 0.25) is 0 Å². The second-order valence-electron chi connectivity index (χ2n) is 12.5. The quantitative estimate of drug-likeness (QED) is 0.152. The second kappa shape index (κ2) is 15.6. The van der Waals surface area contributed by atoms with Gasteiger partial charge < -0.3 is 9.47 Å². The van der Waals surface area contributed by atoms with Crippen LogP contribution in [0.4, 0.5) is 4.79 Å². The molecule has 41 heavy (non-hydrogen) atoms. The molecule has 0 aromatic heterocycles. The molecule has 2 aliphatic heterocycles. The summed E-state index contributed by atoms with van der Waals surface area (Å²) >= 11 is 0. The van der Waals surface area contributed by atoms with Crippen molar-refractivity contribution in [2.24, 2.45) is 0 Å². The summed E-state index contributed by atoms with van der Waals surface area (Å²) in [6.45, 7) is 3.84. The normalized spacial score (nSPS) is 19.5. The molecule has 2 unspecified atom stereocenters. The molecule has 1 fully saturated rings. The van der Waals surface area contributed by atoms with Crippen molar-refractivity contribution >= 4 is 6.09 Å². The highest BCUT2D eigenvalue weighted by atomic mass is 16.6. The van der Waals surface area contributed by atoms with Crippen molar-refractivity contribution in [3.63, 3.8) is 0 Å². The molecule has 2 heterocycles. The number of unbranched alkanes of at least 4 members (excludes halogenated alkanes) is 12. The Morgan fingerprint density at radius 1 is 0.780 bits per heavy atom. The first kappa shape index (κ1) is 29.9. The summed E-state index contributed by atoms with van der Waals surface area (Å²) in [5, 5.41) is 0. The number of fused-ring (bicyclic) bond motifs is 5. The molecule has 0 N–H and O–H groups in total. The molecular weight excluding hydrogens is 506 g/mol. The van der Waals surface area contributed by atoms with Gasteiger partial charge in [-0.25, -0.2) is 4.79 Å². The summed E-state index contributed by atoms with van der Waals surface area (Å²) in [5.74, 6) is 0.0916. The standard InChI is InChI=1S/C37H51NO3/c1-2-3-4-5-6-7-8-9-10-11-12-13-14-19-29-24-30-26-40-27-31(25-29)38(30)37(39)41-28-36-34-22-17-15-20-32(34)33-21-16-18-23-35(33)36/h15-18,20-24,30-31,36H,2-14,19,25-28H2,1H3. The Labute approximate surface area is 248 Å². The number of carbonyl (C=O) groups excluding carboxylic acids is 1. The van der Waals surface area contributed by atoms with E-state index in [1.165, 1.54) is 111 Å². The third-order valence-electron chi connectivity index (χ3n) is 9.42. The minimum absolute atomic E-state index is 0.00452. The minimum atomic E-state index is -0.193. The van der Waals surface area contributed by atoms with E-state index in [1.54, 1.807) is 0 Å². The Hall–Kier alpha value is -2.59. The first-order valence-electron chi connectivity index (χ1n) is 16.7. The summed E-state index contributed by atoms with van der Waals surface area (Å²) in [6, 6.07) is 17.1. The number of morpholine rings is 1. The highest BCUT2D eigenvalue weighted by Crippen LogP contribution is 2.44. The third kappa shape index (κ3) is 7.83. The molecule has 5 rings (SSSR count). The molecule has 4 nitrogen and oxygen atoms in total. The van der Waals surface area contributed by atoms with Gasteiger partial charge >= 0.3 is 6.09 Å². The fourth-order valence-corrected chi connectivity index (χ4v) is 7.19. The van der Waals surface area contributed by atoms with Gasteiger partial charge in [-0.05, 0) is 41.5 Å². The van der Waals surface area contributed by atoms with Crippen LogP contribution in [-0.2, 0) is 9.47 Å². The zero-order valence-corrected chi connectivity index (χ0v) is 25.3. The van der Waals surface area contributed by atoms with Crippen LogP contribution in [-0.4, -0.2) is 42.9 Å². The average molecular weight is 558 g/mol. The van der Waals surface area contributed by atoms with Crippen LogP contribution in [0, 0.1) is 0 Å². The second-order valence-corrected chi connectivity index (χ2v) is 12.5. The maximum atomic E-state index is 13.4. The van der Waals surface area contributed by atoms with Gasteiger partial charge in [0.25, 0.3) is 0 Å². The van der Waals surface area contributed by atoms with Gasteiger partial charge in [-0.2, -0.15) is 0 Å². The molecule has 2 aromatic rings. The van der Waals surface area contributed by atoms with Crippen molar-refractivity contribution in [1.29, 1.82) is 0 Å². The van der Waals surface area contributed by atoms with Crippen LogP contribution in [0.1, 0.15) is 120 Å². The molecule has 0 saturated carbocycles. The SMILES string of the molecule is CCCCCCCCCCCCCCCC1=CC2COCC(C1)N2C(=O)OCC1c2ccccc2-c2ccccc21. The van der Waals surface area contributed by atoms with Crippen molar-refractivity contribution in [2.45, 2.75) is 121 Å². The van der Waals surface area contributed by atoms with Crippen LogP contribution in [0.15, 0.2) is 60.2 Å². The average Bonchev–Trinajstić information content (AvgIpc) is 3.31. The molecule has 1 saturated heterocycles. The number of amides is 1. The van der Waals surface area contributed by atoms with E-state index in [1.807, 2.05) is 4.90 Å². The number of nitrogens with zero attached hydrogens (tertiary/aromatic N) is 1. The van der Waals surface area contributed by atoms with E-state index >= 15 is 0 Å². The maximum absolute atomic E-state index is 13.4. The number of ether oxygens (including phenoxy) is 2. The van der Waals surface area contributed by atoms with Gasteiger partial charge in [0.1, 0.15) is 6.61 Å². The van der Waals surface area contributed by atoms with Crippen molar-refractivity contribution in [3.8, 4) is 11.1 Å². The van der Waals surface area contributed by atoms with Crippen molar-refractivity contribution in [1.82, 2.24) is 4.90 Å². The lowest BCUT2D eigenvalue weighted by molar-refractivity contribution is -0.0365. The van der Waals surface area contributed by atoms with Gasteiger partial charge in [-0.15, -0.1) is 0 Å². The highest BCUT2D eigenvalue weighted by Gasteiger charge is 2.39. The lowest BCUT2D eigenvalue weighted by atomic mass is 9.91. The van der Waals surface area contributed by atoms with Crippen LogP contribution in [0.3, 0.4) is 0 Å². The number of hydrogen-bond acceptors (Lipinski definition) is 3. The summed E-state index contributed by atoms with van der Waals surface area (Å²) in [4.78, 5) is 15.4. The van der Waals surface area contributed by atoms with E-state index in [0.717, 1.165) is 12.8 Å². The summed E-state index contributed by atoms with van der Waals surface area (Å²) < 4.78 is 11.9. The zero-order chi connectivity index (χ0) is 28.3. The Morgan fingerprint density at radius 3 is 1.93 bits per heavy atom. The fraction of sp³-hybridized carbons (Fsp3) is 0.595. The summed E-state index contributed by atoms with van der Waals surface area (Å²) in [6.07, 6.45) is 22.2. The number of rotatable bonds is 16. The lowest BCUT2D eigenvalue weighted by Crippen LogP contribution is -2.56.